The molecule has 0 amide bonds. The summed E-state index contributed by atoms with van der Waals surface area (Å²) >= 11 is 0. The minimum atomic E-state index is -5.19. The fraction of sp³-hybridized carbons (Fsp3) is 0.869. The fourth-order valence-electron chi connectivity index (χ4n) is 16.8. The number of rotatable bonds is 15. The largest absolute Gasteiger partial charge is 1.00 e. The molecular weight excluding hydrogens is 1240 g/mol. The molecule has 30 atom stereocenters. The van der Waals surface area contributed by atoms with Crippen LogP contribution in [0.4, 0.5) is 0 Å². The van der Waals surface area contributed by atoms with Crippen LogP contribution in [-0.2, 0) is 90.7 Å². The van der Waals surface area contributed by atoms with Gasteiger partial charge >= 0.3 is 59.1 Å². The molecule has 90 heavy (non-hydrogen) atoms. The molecule has 12 fully saturated rings. The Bertz CT molecular complexity index is 2850. The van der Waals surface area contributed by atoms with E-state index in [2.05, 4.69) is 44.7 Å². The third-order valence-electron chi connectivity index (χ3n) is 21.6. The summed E-state index contributed by atoms with van der Waals surface area (Å²) in [5.41, 5.74) is -4.09. The first-order chi connectivity index (χ1) is 41.4. The van der Waals surface area contributed by atoms with Crippen molar-refractivity contribution in [3.05, 3.63) is 49.1 Å². The average Bonchev–Trinajstić information content (AvgIpc) is 0.880. The van der Waals surface area contributed by atoms with Gasteiger partial charge in [-0.25, -0.2) is 16.8 Å². The van der Waals surface area contributed by atoms with E-state index in [4.69, 9.17) is 65.8 Å². The summed E-state index contributed by atoms with van der Waals surface area (Å²) in [7, 11) is -10.2. The van der Waals surface area contributed by atoms with Crippen molar-refractivity contribution in [1.82, 2.24) is 0 Å². The number of fused-ring (bicyclic) bond motifs is 10. The number of aliphatic hydroxyl groups excluding tert-OH is 3. The molecule has 0 aromatic heterocycles. The summed E-state index contributed by atoms with van der Waals surface area (Å²) in [6.45, 7) is 22.7. The van der Waals surface area contributed by atoms with Gasteiger partial charge in [0.2, 0.25) is 20.8 Å². The van der Waals surface area contributed by atoms with Crippen LogP contribution in [0.25, 0.3) is 0 Å². The monoisotopic (exact) mass is 1330 g/mol. The molecule has 12 aliphatic heterocycles. The third-order valence-corrected chi connectivity index (χ3v) is 22.5. The molecule has 0 spiro atoms. The normalized spacial score (nSPS) is 49.7. The van der Waals surface area contributed by atoms with E-state index in [0.29, 0.717) is 76.2 Å². The van der Waals surface area contributed by atoms with Crippen molar-refractivity contribution in [2.75, 3.05) is 13.2 Å². The van der Waals surface area contributed by atoms with E-state index in [0.717, 1.165) is 12.0 Å². The van der Waals surface area contributed by atoms with Crippen molar-refractivity contribution in [2.45, 2.75) is 313 Å². The Labute approximate surface area is 572 Å². The molecule has 0 radical (unpaired) electrons. The van der Waals surface area contributed by atoms with Crippen LogP contribution in [0.5, 0.6) is 0 Å². The predicted octanol–water partition coefficient (Wildman–Crippen LogP) is -2.76. The van der Waals surface area contributed by atoms with E-state index in [1.54, 1.807) is 32.1 Å². The van der Waals surface area contributed by atoms with Gasteiger partial charge in [0.15, 0.2) is 6.29 Å². The maximum atomic E-state index is 11.9. The molecule has 12 heterocycles. The first-order valence-corrected chi connectivity index (χ1v) is 34.2. The number of ether oxygens (including phenoxy) is 13. The van der Waals surface area contributed by atoms with E-state index in [1.807, 2.05) is 6.92 Å². The fourth-order valence-corrected chi connectivity index (χ4v) is 17.7. The molecule has 12 saturated heterocycles. The van der Waals surface area contributed by atoms with Crippen LogP contribution in [0.3, 0.4) is 0 Å². The molecule has 0 aromatic rings. The molecule has 0 aliphatic carbocycles. The molecular formula is C61H90Na2O25S2. The summed E-state index contributed by atoms with van der Waals surface area (Å²) in [6.07, 6.45) is -5.42. The summed E-state index contributed by atoms with van der Waals surface area (Å²) in [5, 5.41) is 44.2. The van der Waals surface area contributed by atoms with Crippen molar-refractivity contribution in [1.29, 1.82) is 0 Å². The van der Waals surface area contributed by atoms with Crippen molar-refractivity contribution < 1.29 is 175 Å². The zero-order valence-corrected chi connectivity index (χ0v) is 58.6. The van der Waals surface area contributed by atoms with Gasteiger partial charge in [0, 0.05) is 44.9 Å². The van der Waals surface area contributed by atoms with Crippen LogP contribution < -0.4 is 59.1 Å². The molecule has 4 N–H and O–H groups in total. The maximum absolute atomic E-state index is 11.9. The van der Waals surface area contributed by atoms with Gasteiger partial charge in [-0.05, 0) is 97.5 Å². The molecule has 29 heteroatoms. The van der Waals surface area contributed by atoms with Crippen LogP contribution in [0.1, 0.15) is 138 Å². The van der Waals surface area contributed by atoms with Gasteiger partial charge in [-0.2, -0.15) is 0 Å². The summed E-state index contributed by atoms with van der Waals surface area (Å²) < 4.78 is 169. The smallest absolute Gasteiger partial charge is 0.726 e. The Hall–Kier alpha value is 0.0200. The first-order valence-electron chi connectivity index (χ1n) is 31.6. The van der Waals surface area contributed by atoms with Gasteiger partial charge in [0.25, 0.3) is 0 Å². The van der Waals surface area contributed by atoms with Crippen LogP contribution in [0.15, 0.2) is 49.1 Å². The molecule has 0 unspecified atom stereocenters. The third kappa shape index (κ3) is 14.7. The van der Waals surface area contributed by atoms with Gasteiger partial charge in [0.05, 0.1) is 128 Å². The van der Waals surface area contributed by atoms with Crippen LogP contribution >= 0.6 is 0 Å². The second-order valence-corrected chi connectivity index (χ2v) is 30.2. The Balaban J connectivity index is 0.00000445. The second kappa shape index (κ2) is 27.6. The Morgan fingerprint density at radius 1 is 0.700 bits per heavy atom. The minimum absolute atomic E-state index is 0. The van der Waals surface area contributed by atoms with Crippen LogP contribution in [0, 0.1) is 5.92 Å². The van der Waals surface area contributed by atoms with Crippen LogP contribution in [0.2, 0.25) is 0 Å². The van der Waals surface area contributed by atoms with Crippen LogP contribution in [-0.4, -0.2) is 234 Å². The number of hydrogen-bond donors (Lipinski definition) is 4. The van der Waals surface area contributed by atoms with E-state index >= 15 is 0 Å². The summed E-state index contributed by atoms with van der Waals surface area (Å²) in [5.74, 6) is -0.0440. The van der Waals surface area contributed by atoms with Crippen molar-refractivity contribution in [2.24, 2.45) is 5.92 Å². The quantitative estimate of drug-likeness (QED) is 0.0322. The Morgan fingerprint density at radius 2 is 1.28 bits per heavy atom. The van der Waals surface area contributed by atoms with Gasteiger partial charge in [-0.15, -0.1) is 6.58 Å². The minimum Gasteiger partial charge on any atom is -0.726 e. The number of hydrogen-bond acceptors (Lipinski definition) is 25. The zero-order chi connectivity index (χ0) is 62.8. The first kappa shape index (κ1) is 72.8. The van der Waals surface area contributed by atoms with Crippen molar-refractivity contribution in [3.63, 3.8) is 0 Å². The van der Waals surface area contributed by atoms with Crippen molar-refractivity contribution in [3.8, 4) is 0 Å². The number of aliphatic hydroxyl groups is 4. The molecule has 0 aromatic carbocycles. The summed E-state index contributed by atoms with van der Waals surface area (Å²) in [6, 6.07) is 0. The SMILES string of the molecule is C=CCC(=C)/C=C/[C@@](C)(O)[C@@H]1O[C@@H]2C[C@@H]3O[C@@H]4C[C@@H]5O[C@@H]6C[C@@H]7O[C@@H]8C[C@@H]9O[C@@H]%10C[C@@H]%11O[C@](C)(CCCOS(=O)(=O)[O-])[C@@H](OS(=O)(=O)[O-])C[C@H]%11O[C@H]%10C[C@H]9O[C@H]8CC[C@@]7(C)O[C@@]6(C)CC[C@H](C)[C@H]5O[C@H]4[C@@H](O[C@H]4O[C@@H](CO)[C@H](O)[C@H]4O)[C@@]3(C)O[C@H]2CC1=C.[Na+].[Na+]. The molecule has 12 aliphatic rings. The molecule has 0 bridgehead atoms. The summed E-state index contributed by atoms with van der Waals surface area (Å²) in [4.78, 5) is 0. The van der Waals surface area contributed by atoms with E-state index in [1.165, 1.54) is 0 Å². The molecule has 0 saturated carbocycles. The molecule has 12 rings (SSSR count). The van der Waals surface area contributed by atoms with Gasteiger partial charge < -0.3 is 91.1 Å². The zero-order valence-electron chi connectivity index (χ0n) is 53.0. The van der Waals surface area contributed by atoms with Gasteiger partial charge in [0.1, 0.15) is 53.9 Å². The predicted molar refractivity (Wildman–Crippen MR) is 303 cm³/mol. The Kier molecular flexibility index (Phi) is 22.3. The second-order valence-electron chi connectivity index (χ2n) is 28.2. The van der Waals surface area contributed by atoms with E-state index in [-0.39, 0.29) is 109 Å². The molecule has 498 valence electrons. The van der Waals surface area contributed by atoms with E-state index in [9.17, 15) is 46.4 Å². The molecule has 25 nitrogen and oxygen atoms in total. The Morgan fingerprint density at radius 3 is 1.91 bits per heavy atom. The van der Waals surface area contributed by atoms with E-state index < -0.39 is 184 Å². The maximum Gasteiger partial charge on any atom is 1.00 e. The topological polar surface area (TPSA) is 334 Å². The standard InChI is InChI=1S/C61H92O25S2.2Na/c1-10-12-30(2)13-17-57(5,65)54-32(4)21-41-40(79-54)27-49-61(9,84-41)55(82-56-51(64)50(63)45(29-62)80-56)53-44(78-49)25-43-52(81-53)31(3)14-18-59(7)47(77-43)28-46-60(8,86-59)19-15-33-34(76-46)22-36-35(73-33)23-37-38(74-36)24-42-39(75-37)26-48(85-88(69,70)71)58(6,83-42)16-11-20-72-87(66,67)68;;/h10,13,17,31,33-56,62-65H,1-2,4,11-12,14-16,18-29H2,3,5-9H3,(H,66,67,68)(H,69,70,71);;/q;2*+1/p-2/b17-13+;;/t31-,33-,34+,35+,36-,37-,38+,39+,40+,41-,42-,43-,44+,45-,46-,47+,48-,49-,50-,51+,52+,53+,54+,55+,56+,57+,58+,59-,60+,61-;;/m0../s1. The van der Waals surface area contributed by atoms with Crippen molar-refractivity contribution >= 4 is 20.8 Å². The van der Waals surface area contributed by atoms with Gasteiger partial charge in [-0.3, -0.25) is 8.37 Å². The number of allylic oxidation sites excluding steroid dienone is 3. The van der Waals surface area contributed by atoms with Gasteiger partial charge in [-0.1, -0.05) is 43.9 Å². The average molecular weight is 1330 g/mol.